The van der Waals surface area contributed by atoms with E-state index < -0.39 is 0 Å². The third kappa shape index (κ3) is 11.4. The van der Waals surface area contributed by atoms with E-state index >= 15 is 0 Å². The van der Waals surface area contributed by atoms with Crippen LogP contribution in [0.25, 0.3) is 0 Å². The van der Waals surface area contributed by atoms with Crippen molar-refractivity contribution in [3.63, 3.8) is 0 Å². The number of rotatable bonds is 19. The summed E-state index contributed by atoms with van der Waals surface area (Å²) >= 11 is 0. The fraction of sp³-hybridized carbons (Fsp3) is 0.606. The summed E-state index contributed by atoms with van der Waals surface area (Å²) in [4.78, 5) is 27.0. The van der Waals surface area contributed by atoms with Crippen LogP contribution in [0.3, 0.4) is 0 Å². The van der Waals surface area contributed by atoms with Crippen LogP contribution >= 0.6 is 0 Å². The molecule has 0 saturated heterocycles. The Morgan fingerprint density at radius 1 is 0.816 bits per heavy atom. The van der Waals surface area contributed by atoms with Crippen molar-refractivity contribution in [2.75, 3.05) is 13.2 Å². The molecule has 0 saturated carbocycles. The molecule has 210 valence electrons. The number of amides is 2. The van der Waals surface area contributed by atoms with Gasteiger partial charge in [-0.15, -0.1) is 0 Å². The van der Waals surface area contributed by atoms with Gasteiger partial charge in [-0.1, -0.05) is 89.7 Å². The van der Waals surface area contributed by atoms with Gasteiger partial charge < -0.3 is 4.74 Å². The molecule has 0 unspecified atom stereocenters. The highest BCUT2D eigenvalue weighted by Crippen LogP contribution is 2.23. The maximum absolute atomic E-state index is 13.3. The molecule has 0 spiro atoms. The molecule has 2 rings (SSSR count). The summed E-state index contributed by atoms with van der Waals surface area (Å²) in [5.74, 6) is 0.261. The molecule has 0 aliphatic heterocycles. The van der Waals surface area contributed by atoms with Crippen LogP contribution < -0.4 is 9.30 Å². The van der Waals surface area contributed by atoms with E-state index in [1.807, 2.05) is 44.4 Å². The third-order valence-electron chi connectivity index (χ3n) is 7.37. The molecule has 0 fully saturated rings. The number of nitrogens with zero attached hydrogens (tertiary/aromatic N) is 2. The van der Waals surface area contributed by atoms with E-state index in [0.717, 1.165) is 30.6 Å². The molecule has 0 aliphatic carbocycles. The molecule has 0 N–H and O–H groups in total. The van der Waals surface area contributed by atoms with E-state index in [1.54, 1.807) is 6.07 Å². The molecule has 1 aromatic carbocycles. The summed E-state index contributed by atoms with van der Waals surface area (Å²) in [5, 5.41) is 0. The molecule has 0 radical (unpaired) electrons. The molecule has 2 amide bonds. The Bertz CT molecular complexity index is 972. The Balaban J connectivity index is 1.73. The van der Waals surface area contributed by atoms with Crippen LogP contribution in [-0.4, -0.2) is 29.9 Å². The lowest BCUT2D eigenvalue weighted by molar-refractivity contribution is -0.679. The molecular formula is C33H51N2O3+. The minimum Gasteiger partial charge on any atom is -0.493 e. The highest BCUT2D eigenvalue weighted by Gasteiger charge is 2.22. The Hall–Kier alpha value is -2.69. The minimum absolute atomic E-state index is 0.227. The second kappa shape index (κ2) is 18.5. The number of hydrogen-bond acceptors (Lipinski definition) is 3. The summed E-state index contributed by atoms with van der Waals surface area (Å²) in [6, 6.07) is 11.6. The lowest BCUT2D eigenvalue weighted by Gasteiger charge is -2.21. The molecule has 1 heterocycles. The zero-order valence-corrected chi connectivity index (χ0v) is 24.5. The number of unbranched alkanes of at least 4 members (excludes halogenated alkanes) is 11. The molecule has 1 aromatic heterocycles. The first-order chi connectivity index (χ1) is 18.5. The van der Waals surface area contributed by atoms with Gasteiger partial charge in [0.05, 0.1) is 6.61 Å². The van der Waals surface area contributed by atoms with Gasteiger partial charge in [-0.2, -0.15) is 0 Å². The van der Waals surface area contributed by atoms with Crippen LogP contribution in [0.1, 0.15) is 119 Å². The largest absolute Gasteiger partial charge is 0.493 e. The van der Waals surface area contributed by atoms with Crippen molar-refractivity contribution in [2.24, 2.45) is 7.05 Å². The Morgan fingerprint density at radius 3 is 2.05 bits per heavy atom. The fourth-order valence-corrected chi connectivity index (χ4v) is 4.91. The van der Waals surface area contributed by atoms with Gasteiger partial charge in [-0.25, -0.2) is 4.57 Å². The Kier molecular flexibility index (Phi) is 15.4. The monoisotopic (exact) mass is 523 g/mol. The number of pyridine rings is 1. The molecule has 5 nitrogen and oxygen atoms in total. The minimum atomic E-state index is -0.247. The number of carbonyl (C=O) groups is 2. The predicted molar refractivity (Wildman–Crippen MR) is 155 cm³/mol. The van der Waals surface area contributed by atoms with E-state index in [-0.39, 0.29) is 11.8 Å². The normalized spacial score (nSPS) is 10.9. The van der Waals surface area contributed by atoms with Gasteiger partial charge in [-0.3, -0.25) is 14.5 Å². The molecular weight excluding hydrogens is 472 g/mol. The van der Waals surface area contributed by atoms with E-state index in [4.69, 9.17) is 4.74 Å². The average Bonchev–Trinajstić information content (AvgIpc) is 2.90. The number of benzene rings is 1. The second-order valence-corrected chi connectivity index (χ2v) is 10.5. The summed E-state index contributed by atoms with van der Waals surface area (Å²) in [5.41, 5.74) is 2.52. The highest BCUT2D eigenvalue weighted by molar-refractivity contribution is 6.05. The molecule has 0 bridgehead atoms. The molecule has 0 aliphatic rings. The lowest BCUT2D eigenvalue weighted by atomic mass is 10.1. The number of aryl methyl sites for hydroxylation is 2. The van der Waals surface area contributed by atoms with Gasteiger partial charge in [0, 0.05) is 43.1 Å². The van der Waals surface area contributed by atoms with Gasteiger partial charge in [0.2, 0.25) is 5.91 Å². The number of ether oxygens (including phenoxy) is 1. The summed E-state index contributed by atoms with van der Waals surface area (Å²) in [6.45, 7) is 6.69. The third-order valence-corrected chi connectivity index (χ3v) is 7.37. The molecule has 0 atom stereocenters. The zero-order valence-electron chi connectivity index (χ0n) is 24.5. The van der Waals surface area contributed by atoms with Crippen LogP contribution in [0.4, 0.5) is 0 Å². The van der Waals surface area contributed by atoms with Gasteiger partial charge in [0.15, 0.2) is 11.9 Å². The summed E-state index contributed by atoms with van der Waals surface area (Å²) in [6.07, 6.45) is 19.3. The van der Waals surface area contributed by atoms with Crippen molar-refractivity contribution in [1.82, 2.24) is 4.90 Å². The number of aromatic nitrogens is 1. The Labute approximate surface area is 231 Å². The standard InChI is InChI=1S/C33H51N2O3/c1-5-6-7-8-9-10-11-12-13-14-15-18-27-38-32-24-19-23-31(28(32)2)33(37)35(29(3)36)26-20-22-30-21-16-17-25-34(30)4/h16-17,19,21,23-25H,5-15,18,20,22,26-27H2,1-4H3/q+1. The van der Waals surface area contributed by atoms with Gasteiger partial charge in [0.25, 0.3) is 5.91 Å². The zero-order chi connectivity index (χ0) is 27.6. The van der Waals surface area contributed by atoms with Gasteiger partial charge in [0.1, 0.15) is 12.8 Å². The maximum Gasteiger partial charge on any atom is 0.260 e. The first kappa shape index (κ1) is 31.5. The summed E-state index contributed by atoms with van der Waals surface area (Å²) in [7, 11) is 2.01. The number of imide groups is 1. The topological polar surface area (TPSA) is 50.5 Å². The van der Waals surface area contributed by atoms with Crippen molar-refractivity contribution in [3.8, 4) is 5.75 Å². The van der Waals surface area contributed by atoms with Crippen LogP contribution in [0, 0.1) is 6.92 Å². The van der Waals surface area contributed by atoms with Crippen molar-refractivity contribution in [2.45, 2.75) is 111 Å². The molecule has 2 aromatic rings. The van der Waals surface area contributed by atoms with Crippen molar-refractivity contribution >= 4 is 11.8 Å². The van der Waals surface area contributed by atoms with E-state index in [0.29, 0.717) is 18.7 Å². The highest BCUT2D eigenvalue weighted by atomic mass is 16.5. The smallest absolute Gasteiger partial charge is 0.260 e. The first-order valence-corrected chi connectivity index (χ1v) is 14.9. The van der Waals surface area contributed by atoms with E-state index in [2.05, 4.69) is 17.6 Å². The van der Waals surface area contributed by atoms with E-state index in [1.165, 1.54) is 88.1 Å². The number of carbonyl (C=O) groups excluding carboxylic acids is 2. The van der Waals surface area contributed by atoms with Crippen LogP contribution in [0.15, 0.2) is 42.6 Å². The van der Waals surface area contributed by atoms with Crippen molar-refractivity contribution in [3.05, 3.63) is 59.4 Å². The van der Waals surface area contributed by atoms with E-state index in [9.17, 15) is 9.59 Å². The summed E-state index contributed by atoms with van der Waals surface area (Å²) < 4.78 is 8.12. The van der Waals surface area contributed by atoms with Crippen LogP contribution in [0.2, 0.25) is 0 Å². The van der Waals surface area contributed by atoms with Gasteiger partial charge in [-0.05, 0) is 31.9 Å². The predicted octanol–water partition coefficient (Wildman–Crippen LogP) is 7.52. The van der Waals surface area contributed by atoms with Crippen LogP contribution in [0.5, 0.6) is 5.75 Å². The SMILES string of the molecule is CCCCCCCCCCCCCCOc1cccc(C(=O)N(CCCc2cccc[n+]2C)C(C)=O)c1C. The molecule has 38 heavy (non-hydrogen) atoms. The van der Waals surface area contributed by atoms with Crippen molar-refractivity contribution in [1.29, 1.82) is 0 Å². The lowest BCUT2D eigenvalue weighted by Crippen LogP contribution is -2.37. The van der Waals surface area contributed by atoms with Crippen molar-refractivity contribution < 1.29 is 18.9 Å². The molecule has 5 heteroatoms. The van der Waals surface area contributed by atoms with Gasteiger partial charge >= 0.3 is 0 Å². The maximum atomic E-state index is 13.3. The average molecular weight is 524 g/mol. The second-order valence-electron chi connectivity index (χ2n) is 10.5. The fourth-order valence-electron chi connectivity index (χ4n) is 4.91. The Morgan fingerprint density at radius 2 is 1.45 bits per heavy atom. The first-order valence-electron chi connectivity index (χ1n) is 14.9. The van der Waals surface area contributed by atoms with Crippen LogP contribution in [-0.2, 0) is 18.3 Å². The quantitative estimate of drug-likeness (QED) is 0.141. The number of hydrogen-bond donors (Lipinski definition) is 0.